The number of carbonyl (C=O) groups excluding carboxylic acids is 3. The number of fused-ring (bicyclic) bond motifs is 1. The molecule has 1 atom stereocenters. The van der Waals surface area contributed by atoms with Crippen molar-refractivity contribution in [2.75, 3.05) is 19.6 Å². The molecule has 3 rings (SSSR count). The van der Waals surface area contributed by atoms with Gasteiger partial charge in [-0.25, -0.2) is 0 Å². The molecule has 1 aliphatic rings. The number of nitrogens with zero attached hydrogens (tertiary/aromatic N) is 1. The van der Waals surface area contributed by atoms with Crippen molar-refractivity contribution in [2.45, 2.75) is 25.7 Å². The molecular formula is C21H25N3O3. The number of hydrogen-bond donors (Lipinski definition) is 2. The zero-order valence-corrected chi connectivity index (χ0v) is 15.3. The average Bonchev–Trinajstić information content (AvgIpc) is 2.70. The molecule has 3 N–H and O–H groups in total. The van der Waals surface area contributed by atoms with E-state index in [2.05, 4.69) is 5.32 Å². The third-order valence-corrected chi connectivity index (χ3v) is 5.04. The average molecular weight is 367 g/mol. The summed E-state index contributed by atoms with van der Waals surface area (Å²) in [4.78, 5) is 37.5. The first-order valence-corrected chi connectivity index (χ1v) is 9.36. The van der Waals surface area contributed by atoms with E-state index in [-0.39, 0.29) is 30.6 Å². The van der Waals surface area contributed by atoms with E-state index in [1.54, 1.807) is 4.90 Å². The highest BCUT2D eigenvalue weighted by Crippen LogP contribution is 2.20. The Morgan fingerprint density at radius 3 is 2.67 bits per heavy atom. The van der Waals surface area contributed by atoms with Gasteiger partial charge in [-0.1, -0.05) is 36.4 Å². The second-order valence-electron chi connectivity index (χ2n) is 7.05. The van der Waals surface area contributed by atoms with Crippen molar-refractivity contribution < 1.29 is 14.4 Å². The highest BCUT2D eigenvalue weighted by atomic mass is 16.2. The molecule has 1 saturated heterocycles. The first-order chi connectivity index (χ1) is 13.0. The van der Waals surface area contributed by atoms with Gasteiger partial charge in [0.25, 0.3) is 5.91 Å². The molecule has 0 aromatic heterocycles. The van der Waals surface area contributed by atoms with Crippen LogP contribution in [0.5, 0.6) is 0 Å². The highest BCUT2D eigenvalue weighted by Gasteiger charge is 2.24. The number of rotatable bonds is 6. The molecule has 27 heavy (non-hydrogen) atoms. The molecule has 0 radical (unpaired) electrons. The number of piperidine rings is 1. The largest absolute Gasteiger partial charge is 0.370 e. The third-order valence-electron chi connectivity index (χ3n) is 5.04. The summed E-state index contributed by atoms with van der Waals surface area (Å²) in [6, 6.07) is 13.5. The maximum Gasteiger partial charge on any atom is 0.251 e. The van der Waals surface area contributed by atoms with Crippen LogP contribution in [0, 0.1) is 5.92 Å². The molecule has 1 aliphatic heterocycles. The van der Waals surface area contributed by atoms with Crippen LogP contribution in [0.25, 0.3) is 10.8 Å². The van der Waals surface area contributed by atoms with Crippen LogP contribution in [0.2, 0.25) is 0 Å². The highest BCUT2D eigenvalue weighted by molar-refractivity contribution is 6.07. The monoisotopic (exact) mass is 367 g/mol. The Labute approximate surface area is 158 Å². The van der Waals surface area contributed by atoms with E-state index in [0.29, 0.717) is 25.2 Å². The molecule has 0 bridgehead atoms. The zero-order chi connectivity index (χ0) is 19.2. The molecular weight excluding hydrogens is 342 g/mol. The molecule has 3 amide bonds. The Balaban J connectivity index is 1.57. The molecule has 6 heteroatoms. The van der Waals surface area contributed by atoms with Crippen molar-refractivity contribution >= 4 is 28.5 Å². The topological polar surface area (TPSA) is 92.5 Å². The molecule has 0 spiro atoms. The Morgan fingerprint density at radius 2 is 1.85 bits per heavy atom. The quantitative estimate of drug-likeness (QED) is 0.819. The SMILES string of the molecule is NC(=O)CCC(=O)N1CCCC(CNC(=O)c2cccc3ccccc23)C1. The molecule has 1 fully saturated rings. The van der Waals surface area contributed by atoms with Crippen molar-refractivity contribution in [1.82, 2.24) is 10.2 Å². The lowest BCUT2D eigenvalue weighted by Crippen LogP contribution is -2.43. The fourth-order valence-corrected chi connectivity index (χ4v) is 3.60. The van der Waals surface area contributed by atoms with Crippen LogP contribution in [-0.4, -0.2) is 42.3 Å². The second kappa shape index (κ2) is 8.66. The number of carbonyl (C=O) groups is 3. The second-order valence-corrected chi connectivity index (χ2v) is 7.05. The fraction of sp³-hybridized carbons (Fsp3) is 0.381. The van der Waals surface area contributed by atoms with Crippen molar-refractivity contribution in [3.8, 4) is 0 Å². The number of nitrogens with two attached hydrogens (primary N) is 1. The summed E-state index contributed by atoms with van der Waals surface area (Å²) in [7, 11) is 0. The summed E-state index contributed by atoms with van der Waals surface area (Å²) in [5.41, 5.74) is 5.78. The lowest BCUT2D eigenvalue weighted by atomic mass is 9.97. The Bertz CT molecular complexity index is 844. The summed E-state index contributed by atoms with van der Waals surface area (Å²) in [6.07, 6.45) is 2.11. The minimum Gasteiger partial charge on any atom is -0.370 e. The van der Waals surface area contributed by atoms with Crippen LogP contribution >= 0.6 is 0 Å². The van der Waals surface area contributed by atoms with Crippen molar-refractivity contribution in [3.05, 3.63) is 48.0 Å². The van der Waals surface area contributed by atoms with Gasteiger partial charge in [0.2, 0.25) is 11.8 Å². The van der Waals surface area contributed by atoms with Crippen molar-refractivity contribution in [2.24, 2.45) is 11.7 Å². The lowest BCUT2D eigenvalue weighted by molar-refractivity contribution is -0.134. The number of nitrogens with one attached hydrogen (secondary N) is 1. The minimum atomic E-state index is -0.459. The van der Waals surface area contributed by atoms with E-state index in [0.717, 1.165) is 23.6 Å². The maximum absolute atomic E-state index is 12.7. The molecule has 6 nitrogen and oxygen atoms in total. The first-order valence-electron chi connectivity index (χ1n) is 9.36. The Hall–Kier alpha value is -2.89. The predicted molar refractivity (Wildman–Crippen MR) is 104 cm³/mol. The van der Waals surface area contributed by atoms with Gasteiger partial charge in [-0.05, 0) is 35.6 Å². The number of primary amides is 1. The van der Waals surface area contributed by atoms with E-state index >= 15 is 0 Å². The normalized spacial score (nSPS) is 16.9. The van der Waals surface area contributed by atoms with Crippen LogP contribution in [0.3, 0.4) is 0 Å². The number of hydrogen-bond acceptors (Lipinski definition) is 3. The summed E-state index contributed by atoms with van der Waals surface area (Å²) in [5.74, 6) is -0.377. The van der Waals surface area contributed by atoms with Gasteiger partial charge < -0.3 is 16.0 Å². The van der Waals surface area contributed by atoms with Crippen LogP contribution in [0.4, 0.5) is 0 Å². The molecule has 0 saturated carbocycles. The maximum atomic E-state index is 12.7. The van der Waals surface area contributed by atoms with Crippen LogP contribution in [0.15, 0.2) is 42.5 Å². The van der Waals surface area contributed by atoms with Crippen LogP contribution in [0.1, 0.15) is 36.0 Å². The molecule has 1 unspecified atom stereocenters. The van der Waals surface area contributed by atoms with Gasteiger partial charge in [-0.3, -0.25) is 14.4 Å². The molecule has 142 valence electrons. The zero-order valence-electron chi connectivity index (χ0n) is 15.3. The third kappa shape index (κ3) is 4.84. The summed E-state index contributed by atoms with van der Waals surface area (Å²) in [5, 5.41) is 4.99. The fourth-order valence-electron chi connectivity index (χ4n) is 3.60. The summed E-state index contributed by atoms with van der Waals surface area (Å²) >= 11 is 0. The van der Waals surface area contributed by atoms with E-state index in [4.69, 9.17) is 5.73 Å². The predicted octanol–water partition coefficient (Wildman–Crippen LogP) is 2.07. The standard InChI is InChI=1S/C21H25N3O3/c22-19(25)10-11-20(26)24-12-4-5-15(14-24)13-23-21(27)18-9-3-7-16-6-1-2-8-17(16)18/h1-3,6-9,15H,4-5,10-14H2,(H2,22,25)(H,23,27). The van der Waals surface area contributed by atoms with Gasteiger partial charge >= 0.3 is 0 Å². The minimum absolute atomic E-state index is 0.0427. The Morgan fingerprint density at radius 1 is 1.07 bits per heavy atom. The number of benzene rings is 2. The molecule has 0 aliphatic carbocycles. The lowest BCUT2D eigenvalue weighted by Gasteiger charge is -2.33. The Kier molecular flexibility index (Phi) is 6.06. The molecule has 2 aromatic rings. The van der Waals surface area contributed by atoms with Crippen molar-refractivity contribution in [3.63, 3.8) is 0 Å². The summed E-state index contributed by atoms with van der Waals surface area (Å²) in [6.45, 7) is 1.83. The van der Waals surface area contributed by atoms with Crippen LogP contribution < -0.4 is 11.1 Å². The van der Waals surface area contributed by atoms with Gasteiger partial charge in [0.05, 0.1) is 0 Å². The van der Waals surface area contributed by atoms with Gasteiger partial charge in [0.1, 0.15) is 0 Å². The van der Waals surface area contributed by atoms with E-state index in [1.807, 2.05) is 42.5 Å². The van der Waals surface area contributed by atoms with Gasteiger partial charge in [-0.15, -0.1) is 0 Å². The number of amides is 3. The van der Waals surface area contributed by atoms with E-state index < -0.39 is 5.91 Å². The van der Waals surface area contributed by atoms with Gasteiger partial charge in [0, 0.05) is 38.0 Å². The molecule has 2 aromatic carbocycles. The van der Waals surface area contributed by atoms with Crippen molar-refractivity contribution in [1.29, 1.82) is 0 Å². The van der Waals surface area contributed by atoms with E-state index in [1.165, 1.54) is 0 Å². The van der Waals surface area contributed by atoms with Crippen LogP contribution in [-0.2, 0) is 9.59 Å². The summed E-state index contributed by atoms with van der Waals surface area (Å²) < 4.78 is 0. The number of likely N-dealkylation sites (tertiary alicyclic amines) is 1. The first kappa shape index (κ1) is 18.9. The smallest absolute Gasteiger partial charge is 0.251 e. The van der Waals surface area contributed by atoms with Gasteiger partial charge in [0.15, 0.2) is 0 Å². The van der Waals surface area contributed by atoms with Gasteiger partial charge in [-0.2, -0.15) is 0 Å². The van der Waals surface area contributed by atoms with E-state index in [9.17, 15) is 14.4 Å². The molecule has 1 heterocycles.